The minimum atomic E-state index is -0.00374. The highest BCUT2D eigenvalue weighted by molar-refractivity contribution is 7.22. The number of rotatable bonds is 17. The number of thiazole rings is 1. The topological polar surface area (TPSA) is 148 Å². The van der Waals surface area contributed by atoms with Gasteiger partial charge in [-0.2, -0.15) is 0 Å². The summed E-state index contributed by atoms with van der Waals surface area (Å²) in [5.74, 6) is 0. The van der Waals surface area contributed by atoms with Gasteiger partial charge in [-0.3, -0.25) is 37.9 Å². The van der Waals surface area contributed by atoms with Crippen LogP contribution >= 0.6 is 56.7 Å². The van der Waals surface area contributed by atoms with Crippen LogP contribution in [-0.4, -0.2) is 112 Å². The average molecular weight is 1500 g/mol. The second-order valence-electron chi connectivity index (χ2n) is 28.3. The third-order valence-electron chi connectivity index (χ3n) is 21.5. The van der Waals surface area contributed by atoms with Gasteiger partial charge in [-0.05, 0) is 188 Å². The van der Waals surface area contributed by atoms with Crippen molar-refractivity contribution < 1.29 is 0 Å². The first-order valence-electron chi connectivity index (χ1n) is 37.4. The maximum Gasteiger partial charge on any atom is 0.326 e. The van der Waals surface area contributed by atoms with Crippen LogP contribution in [-0.2, 0) is 71.4 Å². The van der Waals surface area contributed by atoms with Gasteiger partial charge in [0.25, 0.3) is 5.56 Å². The van der Waals surface area contributed by atoms with E-state index in [0.717, 1.165) is 173 Å². The third-order valence-corrected chi connectivity index (χ3v) is 27.6. The van der Waals surface area contributed by atoms with Crippen molar-refractivity contribution in [3.63, 3.8) is 0 Å². The minimum absolute atomic E-state index is 0.00374. The number of benzene rings is 7. The predicted octanol–water partition coefficient (Wildman–Crippen LogP) is 17.6. The molecular weight excluding hydrogens is 1410 g/mol. The molecule has 0 unspecified atom stereocenters. The first-order chi connectivity index (χ1) is 52.2. The number of aromatic nitrogens is 7. The summed E-state index contributed by atoms with van der Waals surface area (Å²) in [5.41, 5.74) is 13.5. The molecular formula is C86H86N12O3S5. The Morgan fingerprint density at radius 2 is 0.811 bits per heavy atom. The van der Waals surface area contributed by atoms with E-state index in [2.05, 4.69) is 160 Å². The number of aryl methyl sites for hydroxylation is 3. The lowest BCUT2D eigenvalue weighted by atomic mass is 10.0. The van der Waals surface area contributed by atoms with Crippen LogP contribution in [0.1, 0.15) is 78.7 Å². The molecule has 4 aliphatic heterocycles. The molecule has 7 aromatic carbocycles. The molecule has 538 valence electrons. The molecule has 9 aromatic heterocycles. The van der Waals surface area contributed by atoms with Crippen LogP contribution in [0, 0.1) is 6.92 Å². The SMILES string of the molecule is Cc1nc2ccccn2c(=O)c1CCN1CCc2sc3ccccc3c2C1.O=c1[nH]c2ccccc2n1CCCN1CCc2sc3ccccc3c2C1.O=c1[nH]c2ccccc2n1CCCN1CCc2sc3ccccc3c2C1.c1ccc2sc(NCCCCN3CCc4sc5ccccc5c4C3)nc2c1. The number of H-pyrrole nitrogens is 2. The maximum atomic E-state index is 12.9. The summed E-state index contributed by atoms with van der Waals surface area (Å²) >= 11 is 9.57. The van der Waals surface area contributed by atoms with E-state index in [4.69, 9.17) is 0 Å². The van der Waals surface area contributed by atoms with Crippen LogP contribution in [0.25, 0.3) is 78.3 Å². The maximum absolute atomic E-state index is 12.9. The van der Waals surface area contributed by atoms with E-state index >= 15 is 0 Å². The zero-order valence-corrected chi connectivity index (χ0v) is 63.8. The average Bonchev–Trinajstić information content (AvgIpc) is 1.58. The van der Waals surface area contributed by atoms with Gasteiger partial charge in [0, 0.05) is 147 Å². The van der Waals surface area contributed by atoms with Gasteiger partial charge in [-0.25, -0.2) is 19.6 Å². The van der Waals surface area contributed by atoms with Crippen molar-refractivity contribution >= 4 is 140 Å². The number of fused-ring (bicyclic) bond motifs is 16. The minimum Gasteiger partial charge on any atom is -0.361 e. The monoisotopic (exact) mass is 1490 g/mol. The fourth-order valence-electron chi connectivity index (χ4n) is 16.1. The van der Waals surface area contributed by atoms with Crippen LogP contribution in [0.2, 0.25) is 0 Å². The Hall–Kier alpha value is -9.19. The molecule has 0 saturated heterocycles. The third kappa shape index (κ3) is 15.0. The summed E-state index contributed by atoms with van der Waals surface area (Å²) in [4.78, 5) is 68.8. The molecule has 0 radical (unpaired) electrons. The Bertz CT molecular complexity index is 5790. The van der Waals surface area contributed by atoms with E-state index in [1.807, 2.05) is 134 Å². The van der Waals surface area contributed by atoms with Gasteiger partial charge in [0.1, 0.15) is 5.65 Å². The van der Waals surface area contributed by atoms with Gasteiger partial charge in [-0.1, -0.05) is 127 Å². The molecule has 0 bridgehead atoms. The van der Waals surface area contributed by atoms with E-state index in [1.165, 1.54) is 99.0 Å². The van der Waals surface area contributed by atoms with Crippen LogP contribution in [0.4, 0.5) is 5.13 Å². The molecule has 0 fully saturated rings. The highest BCUT2D eigenvalue weighted by Gasteiger charge is 2.26. The van der Waals surface area contributed by atoms with Crippen molar-refractivity contribution in [1.82, 2.24) is 53.1 Å². The van der Waals surface area contributed by atoms with Crippen LogP contribution in [0.15, 0.2) is 209 Å². The number of nitrogens with one attached hydrogen (secondary N) is 3. The van der Waals surface area contributed by atoms with Crippen molar-refractivity contribution in [3.8, 4) is 0 Å². The van der Waals surface area contributed by atoms with Crippen LogP contribution in [0.5, 0.6) is 0 Å². The molecule has 3 N–H and O–H groups in total. The highest BCUT2D eigenvalue weighted by Crippen LogP contribution is 2.39. The number of hydrogen-bond acceptors (Lipinski definition) is 15. The van der Waals surface area contributed by atoms with E-state index < -0.39 is 0 Å². The molecule has 4 aliphatic rings. The molecule has 0 spiro atoms. The van der Waals surface area contributed by atoms with Crippen molar-refractivity contribution in [3.05, 3.63) is 279 Å². The summed E-state index contributed by atoms with van der Waals surface area (Å²) in [7, 11) is 0. The standard InChI is InChI=1S/C22H21N3OS.C22H23N3S2.2C21H21N3OS/c1-15-16(22(26)25-11-5-4-8-21(25)23-15)9-12-24-13-10-20-18(14-24)17-6-2-3-7-19(17)27-20;1-3-9-19-16(7-1)17-15-25(14-11-20(17)26-19)13-6-5-12-23-22-24-18-8-2-4-10-21(18)27-22;2*25-21-22-17-7-2-3-8-18(17)24(21)12-5-11-23-13-10-20-16(14-23)15-6-1-4-9-19(15)26-20/h2-8,11H,9-10,12-14H2,1H3;1-4,7-10H,5-6,11-15H2,(H,23,24);2*1-4,6-9H,5,10-14H2,(H,22,25). The molecule has 0 atom stereocenters. The molecule has 106 heavy (non-hydrogen) atoms. The van der Waals surface area contributed by atoms with Crippen molar-refractivity contribution in [2.75, 3.05) is 64.2 Å². The van der Waals surface area contributed by atoms with Crippen molar-refractivity contribution in [1.29, 1.82) is 0 Å². The largest absolute Gasteiger partial charge is 0.361 e. The summed E-state index contributed by atoms with van der Waals surface area (Å²) < 4.78 is 12.3. The predicted molar refractivity (Wildman–Crippen MR) is 445 cm³/mol. The number of unbranched alkanes of at least 4 members (excludes halogenated alkanes) is 1. The normalized spacial score (nSPS) is 14.8. The Morgan fingerprint density at radius 1 is 0.406 bits per heavy atom. The van der Waals surface area contributed by atoms with Gasteiger partial charge >= 0.3 is 11.4 Å². The van der Waals surface area contributed by atoms with E-state index in [0.29, 0.717) is 0 Å². The van der Waals surface area contributed by atoms with Gasteiger partial charge in [-0.15, -0.1) is 45.3 Å². The zero-order chi connectivity index (χ0) is 71.5. The lowest BCUT2D eigenvalue weighted by Crippen LogP contribution is -2.33. The Labute approximate surface area is 635 Å². The molecule has 20 rings (SSSR count). The summed E-state index contributed by atoms with van der Waals surface area (Å²) in [6.45, 7) is 17.2. The van der Waals surface area contributed by atoms with Crippen LogP contribution < -0.4 is 22.3 Å². The summed E-state index contributed by atoms with van der Waals surface area (Å²) in [6.07, 6.45) is 11.5. The Kier molecular flexibility index (Phi) is 20.9. The Balaban J connectivity index is 0.000000104. The molecule has 16 aromatic rings. The molecule has 0 amide bonds. The number of nitrogens with zero attached hydrogens (tertiary/aromatic N) is 9. The fraction of sp³-hybridized carbons (Fsp3) is 0.291. The fourth-order valence-corrected chi connectivity index (χ4v) is 21.8. The number of aromatic amines is 2. The van der Waals surface area contributed by atoms with E-state index in [-0.39, 0.29) is 16.9 Å². The number of anilines is 1. The Morgan fingerprint density at radius 3 is 1.28 bits per heavy atom. The second-order valence-corrected chi connectivity index (χ2v) is 33.9. The summed E-state index contributed by atoms with van der Waals surface area (Å²) in [6, 6.07) is 64.9. The number of pyridine rings is 1. The second kappa shape index (κ2) is 31.7. The van der Waals surface area contributed by atoms with Gasteiger partial charge in [0.05, 0.1) is 32.3 Å². The highest BCUT2D eigenvalue weighted by atomic mass is 32.1. The van der Waals surface area contributed by atoms with E-state index in [1.54, 1.807) is 42.1 Å². The smallest absolute Gasteiger partial charge is 0.326 e. The first kappa shape index (κ1) is 69.8. The summed E-state index contributed by atoms with van der Waals surface area (Å²) in [5, 5.41) is 10.3. The quantitative estimate of drug-likeness (QED) is 0.0753. The van der Waals surface area contributed by atoms with Crippen molar-refractivity contribution in [2.24, 2.45) is 0 Å². The molecule has 0 aliphatic carbocycles. The first-order valence-corrected chi connectivity index (χ1v) is 41.5. The van der Waals surface area contributed by atoms with Gasteiger partial charge < -0.3 is 15.3 Å². The zero-order valence-electron chi connectivity index (χ0n) is 59.7. The molecule has 15 nitrogen and oxygen atoms in total. The molecule has 13 heterocycles. The van der Waals surface area contributed by atoms with E-state index in [9.17, 15) is 14.4 Å². The number of hydrogen-bond donors (Lipinski definition) is 3. The van der Waals surface area contributed by atoms with Gasteiger partial charge in [0.15, 0.2) is 5.13 Å². The number of imidazole rings is 2. The van der Waals surface area contributed by atoms with Crippen molar-refractivity contribution in [2.45, 2.75) is 104 Å². The van der Waals surface area contributed by atoms with Crippen LogP contribution in [0.3, 0.4) is 0 Å². The number of thiophene rings is 4. The molecule has 20 heteroatoms. The lowest BCUT2D eigenvalue weighted by Gasteiger charge is -2.27. The molecule has 0 saturated carbocycles. The van der Waals surface area contributed by atoms with Gasteiger partial charge in [0.2, 0.25) is 0 Å². The lowest BCUT2D eigenvalue weighted by molar-refractivity contribution is 0.249. The number of para-hydroxylation sites is 5.